The van der Waals surface area contributed by atoms with Crippen molar-refractivity contribution in [2.24, 2.45) is 0 Å². The molecule has 1 aliphatic carbocycles. The van der Waals surface area contributed by atoms with Crippen molar-refractivity contribution in [1.82, 2.24) is 20.4 Å². The van der Waals surface area contributed by atoms with Gasteiger partial charge in [0, 0.05) is 29.6 Å². The number of nitrogens with one attached hydrogen (secondary N) is 2. The zero-order valence-corrected chi connectivity index (χ0v) is 15.6. The molecule has 1 atom stereocenters. The van der Waals surface area contributed by atoms with E-state index >= 15 is 0 Å². The number of benzene rings is 1. The third kappa shape index (κ3) is 3.81. The molecule has 28 heavy (non-hydrogen) atoms. The summed E-state index contributed by atoms with van der Waals surface area (Å²) < 4.78 is 0. The maximum atomic E-state index is 11.7. The lowest BCUT2D eigenvalue weighted by Crippen LogP contribution is -2.29. The van der Waals surface area contributed by atoms with Gasteiger partial charge in [-0.15, -0.1) is 0 Å². The molecule has 0 aliphatic heterocycles. The average molecular weight is 396 g/mol. The molecule has 0 bridgehead atoms. The number of carbonyl (C=O) groups excluding carboxylic acids is 1. The third-order valence-corrected chi connectivity index (χ3v) is 5.12. The summed E-state index contributed by atoms with van der Waals surface area (Å²) in [5.74, 6) is 0.0115. The molecule has 1 aliphatic rings. The van der Waals surface area contributed by atoms with Crippen LogP contribution in [-0.2, 0) is 12.8 Å². The van der Waals surface area contributed by atoms with Gasteiger partial charge in [0.2, 0.25) is 5.95 Å². The maximum Gasteiger partial charge on any atom is 0.274 e. The minimum Gasteiger partial charge on any atom is -0.351 e. The van der Waals surface area contributed by atoms with Crippen LogP contribution in [0.4, 0.5) is 5.95 Å². The van der Waals surface area contributed by atoms with Gasteiger partial charge >= 0.3 is 0 Å². The molecule has 142 valence electrons. The van der Waals surface area contributed by atoms with E-state index in [1.807, 2.05) is 24.3 Å². The number of nitrogens with zero attached hydrogens (tertiary/aromatic N) is 3. The molecule has 0 radical (unpaired) electrons. The van der Waals surface area contributed by atoms with Crippen molar-refractivity contribution in [3.05, 3.63) is 70.6 Å². The van der Waals surface area contributed by atoms with Crippen molar-refractivity contribution in [2.75, 3.05) is 5.32 Å². The summed E-state index contributed by atoms with van der Waals surface area (Å²) in [6.45, 7) is 0. The topological polar surface area (TPSA) is 100 Å². The normalized spacial score (nSPS) is 15.6. The Morgan fingerprint density at radius 3 is 2.86 bits per heavy atom. The molecule has 0 saturated carbocycles. The van der Waals surface area contributed by atoms with Gasteiger partial charge < -0.3 is 5.32 Å². The molecule has 2 aromatic heterocycles. The largest absolute Gasteiger partial charge is 0.351 e. The van der Waals surface area contributed by atoms with Gasteiger partial charge in [-0.3, -0.25) is 10.0 Å². The Hall–Kier alpha value is -3.03. The number of hydroxylamine groups is 1. The highest BCUT2D eigenvalue weighted by Gasteiger charge is 2.21. The number of anilines is 1. The Bertz CT molecular complexity index is 1030. The van der Waals surface area contributed by atoms with Crippen LogP contribution in [-0.4, -0.2) is 32.1 Å². The number of carbonyl (C=O) groups is 1. The highest BCUT2D eigenvalue weighted by molar-refractivity contribution is 6.32. The van der Waals surface area contributed by atoms with Crippen LogP contribution >= 0.6 is 11.6 Å². The number of rotatable bonds is 4. The molecule has 4 rings (SSSR count). The molecule has 8 heteroatoms. The van der Waals surface area contributed by atoms with Crippen LogP contribution in [0.15, 0.2) is 48.8 Å². The lowest BCUT2D eigenvalue weighted by Gasteiger charge is -2.26. The van der Waals surface area contributed by atoms with Gasteiger partial charge in [0.25, 0.3) is 5.91 Å². The van der Waals surface area contributed by atoms with E-state index in [1.54, 1.807) is 30.0 Å². The van der Waals surface area contributed by atoms with Gasteiger partial charge in [-0.25, -0.2) is 20.4 Å². The second-order valence-electron chi connectivity index (χ2n) is 6.62. The quantitative estimate of drug-likeness (QED) is 0.356. The van der Waals surface area contributed by atoms with E-state index in [0.29, 0.717) is 22.4 Å². The van der Waals surface area contributed by atoms with E-state index in [4.69, 9.17) is 16.8 Å². The Morgan fingerprint density at radius 1 is 1.14 bits per heavy atom. The van der Waals surface area contributed by atoms with E-state index in [2.05, 4.69) is 20.3 Å². The molecule has 1 amide bonds. The SMILES string of the molecule is O=C(NO)c1ccc2c(c1)CC(Nc1nccc(-c3cccnc3Cl)n1)CC2. The molecule has 7 nitrogen and oxygen atoms in total. The summed E-state index contributed by atoms with van der Waals surface area (Å²) in [7, 11) is 0. The van der Waals surface area contributed by atoms with Crippen molar-refractivity contribution in [3.63, 3.8) is 0 Å². The zero-order chi connectivity index (χ0) is 19.5. The van der Waals surface area contributed by atoms with Crippen LogP contribution in [0.5, 0.6) is 0 Å². The molecule has 3 N–H and O–H groups in total. The van der Waals surface area contributed by atoms with Gasteiger partial charge in [-0.2, -0.15) is 0 Å². The van der Waals surface area contributed by atoms with Gasteiger partial charge in [0.15, 0.2) is 0 Å². The summed E-state index contributed by atoms with van der Waals surface area (Å²) in [4.78, 5) is 24.6. The first-order valence-electron chi connectivity index (χ1n) is 8.91. The summed E-state index contributed by atoms with van der Waals surface area (Å²) in [5, 5.41) is 12.6. The Labute approximate surface area is 166 Å². The average Bonchev–Trinajstić information content (AvgIpc) is 2.73. The van der Waals surface area contributed by atoms with Crippen molar-refractivity contribution in [1.29, 1.82) is 0 Å². The van der Waals surface area contributed by atoms with Crippen LogP contribution in [0.1, 0.15) is 27.9 Å². The highest BCUT2D eigenvalue weighted by atomic mass is 35.5. The Kier molecular flexibility index (Phi) is 5.18. The first-order valence-corrected chi connectivity index (χ1v) is 9.28. The third-order valence-electron chi connectivity index (χ3n) is 4.82. The number of hydrogen-bond donors (Lipinski definition) is 3. The second-order valence-corrected chi connectivity index (χ2v) is 6.97. The van der Waals surface area contributed by atoms with Crippen LogP contribution in [0.3, 0.4) is 0 Å². The number of amides is 1. The molecule has 2 heterocycles. The predicted molar refractivity (Wildman–Crippen MR) is 105 cm³/mol. The maximum absolute atomic E-state index is 11.7. The standard InChI is InChI=1S/C20H18ClN5O2/c21-18-16(2-1-8-22-18)17-7-9-23-20(25-17)24-15-6-5-12-3-4-13(19(27)26-28)10-14(12)11-15/h1-4,7-10,15,28H,5-6,11H2,(H,26,27)(H,23,24,25). The number of fused-ring (bicyclic) bond motifs is 1. The lowest BCUT2D eigenvalue weighted by molar-refractivity contribution is 0.0706. The molecule has 3 aromatic rings. The van der Waals surface area contributed by atoms with Crippen LogP contribution in [0, 0.1) is 0 Å². The van der Waals surface area contributed by atoms with Crippen LogP contribution < -0.4 is 10.8 Å². The van der Waals surface area contributed by atoms with Gasteiger partial charge in [-0.05, 0) is 60.7 Å². The van der Waals surface area contributed by atoms with E-state index in [1.165, 1.54) is 5.56 Å². The highest BCUT2D eigenvalue weighted by Crippen LogP contribution is 2.26. The number of halogens is 1. The minimum absolute atomic E-state index is 0.138. The first kappa shape index (κ1) is 18.3. The van der Waals surface area contributed by atoms with E-state index in [-0.39, 0.29) is 6.04 Å². The summed E-state index contributed by atoms with van der Waals surface area (Å²) in [5.41, 5.74) is 5.86. The smallest absolute Gasteiger partial charge is 0.274 e. The predicted octanol–water partition coefficient (Wildman–Crippen LogP) is 3.28. The van der Waals surface area contributed by atoms with E-state index < -0.39 is 5.91 Å². The molecular formula is C20H18ClN5O2. The molecule has 1 aromatic carbocycles. The van der Waals surface area contributed by atoms with Crippen molar-refractivity contribution < 1.29 is 10.0 Å². The van der Waals surface area contributed by atoms with Crippen LogP contribution in [0.25, 0.3) is 11.3 Å². The molecule has 0 saturated heterocycles. The fourth-order valence-corrected chi connectivity index (χ4v) is 3.64. The summed E-state index contributed by atoms with van der Waals surface area (Å²) in [6, 6.07) is 11.1. The van der Waals surface area contributed by atoms with Crippen molar-refractivity contribution in [2.45, 2.75) is 25.3 Å². The van der Waals surface area contributed by atoms with E-state index in [0.717, 1.165) is 30.4 Å². The Balaban J connectivity index is 1.53. The monoisotopic (exact) mass is 395 g/mol. The van der Waals surface area contributed by atoms with Gasteiger partial charge in [-0.1, -0.05) is 17.7 Å². The lowest BCUT2D eigenvalue weighted by atomic mass is 9.87. The van der Waals surface area contributed by atoms with Crippen molar-refractivity contribution in [3.8, 4) is 11.3 Å². The molecule has 0 spiro atoms. The Morgan fingerprint density at radius 2 is 2.04 bits per heavy atom. The van der Waals surface area contributed by atoms with Crippen LogP contribution in [0.2, 0.25) is 5.15 Å². The second kappa shape index (κ2) is 7.92. The zero-order valence-electron chi connectivity index (χ0n) is 14.9. The number of pyridine rings is 1. The number of hydrogen-bond acceptors (Lipinski definition) is 6. The fraction of sp³-hybridized carbons (Fsp3) is 0.200. The fourth-order valence-electron chi connectivity index (χ4n) is 3.42. The molecular weight excluding hydrogens is 378 g/mol. The first-order chi connectivity index (χ1) is 13.6. The number of aromatic nitrogens is 3. The summed E-state index contributed by atoms with van der Waals surface area (Å²) in [6.07, 6.45) is 5.89. The van der Waals surface area contributed by atoms with Gasteiger partial charge in [0.05, 0.1) is 5.69 Å². The molecule has 1 unspecified atom stereocenters. The van der Waals surface area contributed by atoms with E-state index in [9.17, 15) is 4.79 Å². The van der Waals surface area contributed by atoms with Gasteiger partial charge in [0.1, 0.15) is 5.15 Å². The summed E-state index contributed by atoms with van der Waals surface area (Å²) >= 11 is 6.17. The minimum atomic E-state index is -0.512. The number of aryl methyl sites for hydroxylation is 1. The molecule has 0 fully saturated rings. The van der Waals surface area contributed by atoms with Crippen molar-refractivity contribution >= 4 is 23.5 Å².